The zero-order valence-electron chi connectivity index (χ0n) is 9.97. The first kappa shape index (κ1) is 12.8. The number of urea groups is 1. The van der Waals surface area contributed by atoms with Crippen molar-refractivity contribution in [1.29, 1.82) is 0 Å². The number of alkyl carbamates (subject to hydrolysis) is 1. The third-order valence-corrected chi connectivity index (χ3v) is 3.23. The first-order valence-electron chi connectivity index (χ1n) is 5.68. The van der Waals surface area contributed by atoms with Crippen LogP contribution in [0, 0.1) is 5.41 Å². The van der Waals surface area contributed by atoms with E-state index >= 15 is 0 Å². The number of carbonyl (C=O) groups is 2. The van der Waals surface area contributed by atoms with Crippen molar-refractivity contribution < 1.29 is 14.3 Å². The average molecular weight is 228 g/mol. The molecule has 0 radical (unpaired) electrons. The van der Waals surface area contributed by atoms with E-state index in [1.165, 1.54) is 32.8 Å². The van der Waals surface area contributed by atoms with Crippen LogP contribution in [0.15, 0.2) is 0 Å². The molecule has 2 N–H and O–H groups in total. The monoisotopic (exact) mass is 228 g/mol. The van der Waals surface area contributed by atoms with Gasteiger partial charge in [-0.25, -0.2) is 14.9 Å². The van der Waals surface area contributed by atoms with Crippen molar-refractivity contribution in [3.63, 3.8) is 0 Å². The van der Waals surface area contributed by atoms with Gasteiger partial charge in [0.25, 0.3) is 0 Å². The molecule has 0 spiro atoms. The van der Waals surface area contributed by atoms with Gasteiger partial charge in [0.05, 0.1) is 7.11 Å². The Hall–Kier alpha value is -1.26. The Morgan fingerprint density at radius 2 is 1.94 bits per heavy atom. The van der Waals surface area contributed by atoms with E-state index in [0.29, 0.717) is 12.0 Å². The fraction of sp³-hybridized carbons (Fsp3) is 0.818. The van der Waals surface area contributed by atoms with Crippen LogP contribution in [-0.4, -0.2) is 25.8 Å². The van der Waals surface area contributed by atoms with Crippen molar-refractivity contribution in [2.75, 3.05) is 13.7 Å². The summed E-state index contributed by atoms with van der Waals surface area (Å²) in [4.78, 5) is 21.9. The summed E-state index contributed by atoms with van der Waals surface area (Å²) in [7, 11) is 1.22. The molecule has 5 heteroatoms. The van der Waals surface area contributed by atoms with E-state index < -0.39 is 12.1 Å². The lowest BCUT2D eigenvalue weighted by molar-refractivity contribution is 0.170. The highest BCUT2D eigenvalue weighted by Gasteiger charge is 2.27. The lowest BCUT2D eigenvalue weighted by Gasteiger charge is -2.23. The molecule has 1 fully saturated rings. The maximum atomic E-state index is 11.2. The summed E-state index contributed by atoms with van der Waals surface area (Å²) in [6.07, 6.45) is 5.25. The second-order valence-electron chi connectivity index (χ2n) is 4.64. The van der Waals surface area contributed by atoms with Crippen molar-refractivity contribution in [2.24, 2.45) is 5.41 Å². The maximum Gasteiger partial charge on any atom is 0.415 e. The minimum absolute atomic E-state index is 0.360. The second kappa shape index (κ2) is 5.72. The minimum atomic E-state index is -0.732. The molecule has 1 aliphatic rings. The van der Waals surface area contributed by atoms with E-state index in [9.17, 15) is 9.59 Å². The molecule has 0 atom stereocenters. The van der Waals surface area contributed by atoms with Gasteiger partial charge in [0.15, 0.2) is 0 Å². The number of nitrogens with one attached hydrogen (secondary N) is 2. The van der Waals surface area contributed by atoms with Crippen molar-refractivity contribution in [2.45, 2.75) is 39.0 Å². The molecule has 0 aliphatic heterocycles. The summed E-state index contributed by atoms with van der Waals surface area (Å²) in [6, 6.07) is -0.492. The Balaban J connectivity index is 2.15. The van der Waals surface area contributed by atoms with Gasteiger partial charge in [-0.15, -0.1) is 0 Å². The smallest absolute Gasteiger partial charge is 0.415 e. The molecule has 0 aromatic heterocycles. The average Bonchev–Trinajstić information content (AvgIpc) is 2.65. The number of methoxy groups -OCH3 is 1. The van der Waals surface area contributed by atoms with Gasteiger partial charge >= 0.3 is 12.1 Å². The number of rotatable bonds is 3. The van der Waals surface area contributed by atoms with E-state index in [1.807, 2.05) is 0 Å². The van der Waals surface area contributed by atoms with Crippen LogP contribution in [0.4, 0.5) is 9.59 Å². The largest absolute Gasteiger partial charge is 0.453 e. The molecule has 16 heavy (non-hydrogen) atoms. The number of ether oxygens (including phenoxy) is 1. The molecule has 0 aromatic rings. The van der Waals surface area contributed by atoms with Gasteiger partial charge in [-0.2, -0.15) is 0 Å². The number of amides is 3. The molecule has 1 aliphatic carbocycles. The molecule has 1 saturated carbocycles. The van der Waals surface area contributed by atoms with E-state index in [0.717, 1.165) is 6.42 Å². The van der Waals surface area contributed by atoms with Crippen molar-refractivity contribution in [3.8, 4) is 0 Å². The first-order chi connectivity index (χ1) is 7.56. The third-order valence-electron chi connectivity index (χ3n) is 3.23. The number of imide groups is 1. The van der Waals surface area contributed by atoms with Crippen LogP contribution in [0.1, 0.15) is 39.0 Å². The SMILES string of the molecule is COC(=O)NC(=O)NCCC1(C)CCCC1. The van der Waals surface area contributed by atoms with Gasteiger partial charge in [-0.1, -0.05) is 19.8 Å². The number of hydrogen-bond donors (Lipinski definition) is 2. The topological polar surface area (TPSA) is 67.4 Å². The quantitative estimate of drug-likeness (QED) is 0.776. The van der Waals surface area contributed by atoms with Crippen LogP contribution >= 0.6 is 0 Å². The predicted molar refractivity (Wildman–Crippen MR) is 60.1 cm³/mol. The van der Waals surface area contributed by atoms with Crippen LogP contribution in [0.3, 0.4) is 0 Å². The van der Waals surface area contributed by atoms with Gasteiger partial charge in [0.2, 0.25) is 0 Å². The van der Waals surface area contributed by atoms with Gasteiger partial charge in [-0.3, -0.25) is 0 Å². The predicted octanol–water partition coefficient (Wildman–Crippen LogP) is 2.02. The van der Waals surface area contributed by atoms with E-state index in [1.54, 1.807) is 0 Å². The van der Waals surface area contributed by atoms with Gasteiger partial charge in [0, 0.05) is 6.54 Å². The lowest BCUT2D eigenvalue weighted by atomic mass is 9.85. The van der Waals surface area contributed by atoms with E-state index in [-0.39, 0.29) is 0 Å². The van der Waals surface area contributed by atoms with Crippen molar-refractivity contribution >= 4 is 12.1 Å². The van der Waals surface area contributed by atoms with E-state index in [2.05, 4.69) is 22.3 Å². The normalized spacial score (nSPS) is 17.9. The third kappa shape index (κ3) is 4.08. The molecule has 5 nitrogen and oxygen atoms in total. The summed E-state index contributed by atoms with van der Waals surface area (Å²) in [5.74, 6) is 0. The summed E-state index contributed by atoms with van der Waals surface area (Å²) in [5, 5.41) is 4.71. The van der Waals surface area contributed by atoms with Crippen molar-refractivity contribution in [1.82, 2.24) is 10.6 Å². The van der Waals surface area contributed by atoms with Crippen LogP contribution in [-0.2, 0) is 4.74 Å². The van der Waals surface area contributed by atoms with E-state index in [4.69, 9.17) is 0 Å². The van der Waals surface area contributed by atoms with Crippen molar-refractivity contribution in [3.05, 3.63) is 0 Å². The Labute approximate surface area is 95.9 Å². The molecule has 0 unspecified atom stereocenters. The maximum absolute atomic E-state index is 11.2. The minimum Gasteiger partial charge on any atom is -0.453 e. The summed E-state index contributed by atoms with van der Waals surface area (Å²) >= 11 is 0. The molecular weight excluding hydrogens is 208 g/mol. The molecule has 1 rings (SSSR count). The highest BCUT2D eigenvalue weighted by Crippen LogP contribution is 2.39. The van der Waals surface area contributed by atoms with Crippen LogP contribution in [0.2, 0.25) is 0 Å². The Kier molecular flexibility index (Phi) is 4.58. The highest BCUT2D eigenvalue weighted by atomic mass is 16.5. The summed E-state index contributed by atoms with van der Waals surface area (Å²) in [6.45, 7) is 2.85. The summed E-state index contributed by atoms with van der Waals surface area (Å²) in [5.41, 5.74) is 0.360. The highest BCUT2D eigenvalue weighted by molar-refractivity contribution is 5.90. The molecule has 0 aromatic carbocycles. The standard InChI is InChI=1S/C11H20N2O3/c1-11(5-3-4-6-11)7-8-12-9(14)13-10(15)16-2/h3-8H2,1-2H3,(H2,12,13,14,15). The molecule has 0 heterocycles. The van der Waals surface area contributed by atoms with Crippen LogP contribution in [0.25, 0.3) is 0 Å². The Morgan fingerprint density at radius 3 is 2.50 bits per heavy atom. The molecule has 0 bridgehead atoms. The van der Waals surface area contributed by atoms with Gasteiger partial charge in [0.1, 0.15) is 0 Å². The fourth-order valence-corrected chi connectivity index (χ4v) is 2.14. The first-order valence-corrected chi connectivity index (χ1v) is 5.68. The zero-order valence-corrected chi connectivity index (χ0v) is 9.97. The molecule has 3 amide bonds. The van der Waals surface area contributed by atoms with Gasteiger partial charge < -0.3 is 10.1 Å². The second-order valence-corrected chi connectivity index (χ2v) is 4.64. The molecular formula is C11H20N2O3. The van der Waals surface area contributed by atoms with Crippen LogP contribution in [0.5, 0.6) is 0 Å². The van der Waals surface area contributed by atoms with Gasteiger partial charge in [-0.05, 0) is 24.7 Å². The Morgan fingerprint density at radius 1 is 1.31 bits per heavy atom. The number of carbonyl (C=O) groups excluding carboxylic acids is 2. The molecule has 92 valence electrons. The summed E-state index contributed by atoms with van der Waals surface area (Å²) < 4.78 is 4.31. The van der Waals surface area contributed by atoms with Crippen LogP contribution < -0.4 is 10.6 Å². The zero-order chi connectivity index (χ0) is 12.0. The molecule has 0 saturated heterocycles. The lowest BCUT2D eigenvalue weighted by Crippen LogP contribution is -2.40. The fourth-order valence-electron chi connectivity index (χ4n) is 2.14. The number of hydrogen-bond acceptors (Lipinski definition) is 3. The Bertz CT molecular complexity index is 260.